The molecule has 0 bridgehead atoms. The summed E-state index contributed by atoms with van der Waals surface area (Å²) >= 11 is 1.23. The molecule has 3 rings (SSSR count). The van der Waals surface area contributed by atoms with E-state index in [4.69, 9.17) is 9.47 Å². The van der Waals surface area contributed by atoms with Gasteiger partial charge in [0.15, 0.2) is 11.8 Å². The van der Waals surface area contributed by atoms with Crippen LogP contribution in [-0.4, -0.2) is 37.9 Å². The molecule has 2 aromatic rings. The average Bonchev–Trinajstić information content (AvgIpc) is 3.06. The Bertz CT molecular complexity index is 938. The van der Waals surface area contributed by atoms with E-state index in [2.05, 4.69) is 15.0 Å². The summed E-state index contributed by atoms with van der Waals surface area (Å²) in [5, 5.41) is 3.22. The van der Waals surface area contributed by atoms with E-state index < -0.39 is 5.97 Å². The second-order valence-electron chi connectivity index (χ2n) is 5.58. The number of amidine groups is 1. The number of nitrogens with zero attached hydrogens (tertiary/aromatic N) is 1. The summed E-state index contributed by atoms with van der Waals surface area (Å²) in [6.07, 6.45) is 1.70. The average molecular weight is 398 g/mol. The molecule has 0 spiro atoms. The number of amides is 1. The van der Waals surface area contributed by atoms with Gasteiger partial charge in [-0.1, -0.05) is 18.2 Å². The lowest BCUT2D eigenvalue weighted by atomic mass is 10.2. The zero-order valence-corrected chi connectivity index (χ0v) is 16.1. The van der Waals surface area contributed by atoms with Crippen LogP contribution < -0.4 is 14.8 Å². The van der Waals surface area contributed by atoms with Gasteiger partial charge in [0.1, 0.15) is 11.5 Å². The number of carbonyl (C=O) groups excluding carboxylic acids is 2. The first-order chi connectivity index (χ1) is 13.6. The van der Waals surface area contributed by atoms with Gasteiger partial charge in [-0.2, -0.15) is 0 Å². The summed E-state index contributed by atoms with van der Waals surface area (Å²) in [7, 11) is 2.89. The standard InChI is InChI=1S/C20H18N2O5S/c1-25-15-9-7-14(8-10-15)21-20-22-19(24)17(28-20)11-13-5-3-4-6-16(13)27-12-18(23)26-2/h3-11H,12H2,1-2H3,(H,21,22,24)/b17-11+. The van der Waals surface area contributed by atoms with E-state index in [0.29, 0.717) is 27.1 Å². The molecular formula is C20H18N2O5S. The number of para-hydroxylation sites is 1. The summed E-state index contributed by atoms with van der Waals surface area (Å²) in [5.41, 5.74) is 1.38. The number of nitrogens with one attached hydrogen (secondary N) is 1. The number of ether oxygens (including phenoxy) is 3. The summed E-state index contributed by atoms with van der Waals surface area (Å²) in [5.74, 6) is 0.481. The molecule has 1 aliphatic heterocycles. The van der Waals surface area contributed by atoms with Crippen LogP contribution in [0.4, 0.5) is 5.69 Å². The van der Waals surface area contributed by atoms with Crippen molar-refractivity contribution >= 4 is 40.6 Å². The number of aliphatic imine (C=N–C) groups is 1. The van der Waals surface area contributed by atoms with Crippen molar-refractivity contribution in [2.45, 2.75) is 0 Å². The molecule has 2 aromatic carbocycles. The van der Waals surface area contributed by atoms with Gasteiger partial charge in [0, 0.05) is 5.56 Å². The highest BCUT2D eigenvalue weighted by molar-refractivity contribution is 8.18. The van der Waals surface area contributed by atoms with Crippen LogP contribution in [0.3, 0.4) is 0 Å². The van der Waals surface area contributed by atoms with E-state index in [9.17, 15) is 9.59 Å². The number of hydrogen-bond acceptors (Lipinski definition) is 7. The summed E-state index contributed by atoms with van der Waals surface area (Å²) in [4.78, 5) is 28.5. The Morgan fingerprint density at radius 1 is 1.14 bits per heavy atom. The SMILES string of the molecule is COC(=O)COc1ccccc1/C=C1/SC(=Nc2ccc(OC)cc2)NC1=O. The molecule has 1 saturated heterocycles. The maximum Gasteiger partial charge on any atom is 0.343 e. The number of thioether (sulfide) groups is 1. The van der Waals surface area contributed by atoms with E-state index in [1.807, 2.05) is 6.07 Å². The highest BCUT2D eigenvalue weighted by Gasteiger charge is 2.24. The van der Waals surface area contributed by atoms with Crippen LogP contribution >= 0.6 is 11.8 Å². The second-order valence-corrected chi connectivity index (χ2v) is 6.61. The Morgan fingerprint density at radius 2 is 1.89 bits per heavy atom. The first kappa shape index (κ1) is 19.5. The third-order valence-corrected chi connectivity index (χ3v) is 4.64. The van der Waals surface area contributed by atoms with Gasteiger partial charge >= 0.3 is 5.97 Å². The van der Waals surface area contributed by atoms with Crippen LogP contribution in [0.2, 0.25) is 0 Å². The van der Waals surface area contributed by atoms with Gasteiger partial charge in [-0.05, 0) is 48.2 Å². The maximum absolute atomic E-state index is 12.3. The maximum atomic E-state index is 12.3. The van der Waals surface area contributed by atoms with Gasteiger partial charge < -0.3 is 19.5 Å². The van der Waals surface area contributed by atoms with Crippen LogP contribution in [0.1, 0.15) is 5.56 Å². The fourth-order valence-electron chi connectivity index (χ4n) is 2.32. The molecule has 1 aliphatic rings. The number of methoxy groups -OCH3 is 2. The number of carbonyl (C=O) groups is 2. The zero-order valence-electron chi connectivity index (χ0n) is 15.3. The Labute approximate surface area is 166 Å². The third-order valence-electron chi connectivity index (χ3n) is 3.73. The fraction of sp³-hybridized carbons (Fsp3) is 0.150. The monoisotopic (exact) mass is 398 g/mol. The molecule has 1 N–H and O–H groups in total. The Kier molecular flexibility index (Phi) is 6.33. The minimum absolute atomic E-state index is 0.208. The van der Waals surface area contributed by atoms with Crippen molar-refractivity contribution in [2.24, 2.45) is 4.99 Å². The van der Waals surface area contributed by atoms with Gasteiger partial charge in [0.05, 0.1) is 24.8 Å². The molecule has 0 unspecified atom stereocenters. The number of rotatable bonds is 6. The number of benzene rings is 2. The van der Waals surface area contributed by atoms with Gasteiger partial charge in [0.25, 0.3) is 5.91 Å². The molecule has 144 valence electrons. The van der Waals surface area contributed by atoms with Crippen molar-refractivity contribution in [1.82, 2.24) is 5.32 Å². The summed E-state index contributed by atoms with van der Waals surface area (Å²) < 4.78 is 15.2. The van der Waals surface area contributed by atoms with Crippen molar-refractivity contribution in [2.75, 3.05) is 20.8 Å². The zero-order chi connectivity index (χ0) is 19.9. The van der Waals surface area contributed by atoms with E-state index in [1.165, 1.54) is 18.9 Å². The lowest BCUT2D eigenvalue weighted by Crippen LogP contribution is -2.19. The van der Waals surface area contributed by atoms with Crippen LogP contribution in [-0.2, 0) is 14.3 Å². The van der Waals surface area contributed by atoms with Gasteiger partial charge in [-0.25, -0.2) is 9.79 Å². The van der Waals surface area contributed by atoms with Crippen LogP contribution in [0.25, 0.3) is 6.08 Å². The third kappa shape index (κ3) is 4.92. The van der Waals surface area contributed by atoms with E-state index in [1.54, 1.807) is 55.7 Å². The Balaban J connectivity index is 1.77. The molecular weight excluding hydrogens is 380 g/mol. The Hall–Kier alpha value is -3.26. The van der Waals surface area contributed by atoms with Crippen molar-refractivity contribution in [3.63, 3.8) is 0 Å². The van der Waals surface area contributed by atoms with Crippen molar-refractivity contribution in [3.05, 3.63) is 59.0 Å². The number of hydrogen-bond donors (Lipinski definition) is 1. The summed E-state index contributed by atoms with van der Waals surface area (Å²) in [6, 6.07) is 14.3. The molecule has 28 heavy (non-hydrogen) atoms. The molecule has 0 radical (unpaired) electrons. The van der Waals surface area contributed by atoms with Gasteiger partial charge in [-0.3, -0.25) is 4.79 Å². The minimum atomic E-state index is -0.482. The quantitative estimate of drug-likeness (QED) is 0.594. The highest BCUT2D eigenvalue weighted by Crippen LogP contribution is 2.30. The normalized spacial score (nSPS) is 16.1. The molecule has 0 saturated carbocycles. The van der Waals surface area contributed by atoms with Crippen molar-refractivity contribution in [3.8, 4) is 11.5 Å². The number of esters is 1. The van der Waals surface area contributed by atoms with Crippen molar-refractivity contribution < 1.29 is 23.8 Å². The van der Waals surface area contributed by atoms with Crippen LogP contribution in [0.15, 0.2) is 58.4 Å². The second kappa shape index (κ2) is 9.09. The minimum Gasteiger partial charge on any atom is -0.497 e. The highest BCUT2D eigenvalue weighted by atomic mass is 32.2. The molecule has 0 aromatic heterocycles. The first-order valence-corrected chi connectivity index (χ1v) is 9.13. The molecule has 7 nitrogen and oxygen atoms in total. The van der Waals surface area contributed by atoms with E-state index >= 15 is 0 Å². The summed E-state index contributed by atoms with van der Waals surface area (Å²) in [6.45, 7) is -0.208. The Morgan fingerprint density at radius 3 is 2.61 bits per heavy atom. The topological polar surface area (TPSA) is 86.2 Å². The molecule has 0 aliphatic carbocycles. The lowest BCUT2D eigenvalue weighted by molar-refractivity contribution is -0.142. The smallest absolute Gasteiger partial charge is 0.343 e. The predicted octanol–water partition coefficient (Wildman–Crippen LogP) is 3.14. The largest absolute Gasteiger partial charge is 0.497 e. The molecule has 8 heteroatoms. The first-order valence-electron chi connectivity index (χ1n) is 8.31. The van der Waals surface area contributed by atoms with Crippen molar-refractivity contribution in [1.29, 1.82) is 0 Å². The molecule has 1 heterocycles. The van der Waals surface area contributed by atoms with E-state index in [-0.39, 0.29) is 12.5 Å². The van der Waals surface area contributed by atoms with Gasteiger partial charge in [-0.15, -0.1) is 0 Å². The predicted molar refractivity (Wildman–Crippen MR) is 108 cm³/mol. The van der Waals surface area contributed by atoms with Crippen LogP contribution in [0.5, 0.6) is 11.5 Å². The van der Waals surface area contributed by atoms with Crippen LogP contribution in [0, 0.1) is 0 Å². The fourth-order valence-corrected chi connectivity index (χ4v) is 3.16. The van der Waals surface area contributed by atoms with E-state index in [0.717, 1.165) is 5.75 Å². The molecule has 1 fully saturated rings. The molecule has 0 atom stereocenters. The van der Waals surface area contributed by atoms with Gasteiger partial charge in [0.2, 0.25) is 0 Å². The lowest BCUT2D eigenvalue weighted by Gasteiger charge is -2.08. The molecule has 1 amide bonds.